The minimum absolute atomic E-state index is 0.259. The lowest BCUT2D eigenvalue weighted by Gasteiger charge is -2.36. The van der Waals surface area contributed by atoms with Crippen LogP contribution in [0.15, 0.2) is 35.8 Å². The van der Waals surface area contributed by atoms with Crippen molar-refractivity contribution in [3.8, 4) is 0 Å². The number of carbonyl (C=O) groups is 1. The summed E-state index contributed by atoms with van der Waals surface area (Å²) in [6.07, 6.45) is 2.90. The molecule has 126 valence electrons. The van der Waals surface area contributed by atoms with E-state index in [1.807, 2.05) is 40.6 Å². The number of anilines is 1. The molecule has 5 nitrogen and oxygen atoms in total. The van der Waals surface area contributed by atoms with Crippen molar-refractivity contribution < 1.29 is 4.79 Å². The molecule has 1 saturated heterocycles. The van der Waals surface area contributed by atoms with Crippen LogP contribution in [0, 0.1) is 0 Å². The van der Waals surface area contributed by atoms with Gasteiger partial charge in [0.05, 0.1) is 6.54 Å². The number of hydrogen-bond donors (Lipinski definition) is 0. The minimum Gasteiger partial charge on any atom is -0.353 e. The van der Waals surface area contributed by atoms with Crippen molar-refractivity contribution in [1.29, 1.82) is 0 Å². The molecule has 2 aromatic rings. The normalized spacial score (nSPS) is 18.5. The standard InChI is InChI=1S/C18H22N4OS/c23-18(14-20-7-4-16-15(13-20)5-12-24-16)22-10-8-21(9-11-22)17-3-1-2-6-19-17/h1-3,5-6,12H,4,7-11,13-14H2. The number of aromatic nitrogens is 1. The molecule has 2 aliphatic heterocycles. The summed E-state index contributed by atoms with van der Waals surface area (Å²) in [5.74, 6) is 1.26. The van der Waals surface area contributed by atoms with Crippen LogP contribution in [0.25, 0.3) is 0 Å². The van der Waals surface area contributed by atoms with Crippen molar-refractivity contribution in [1.82, 2.24) is 14.8 Å². The monoisotopic (exact) mass is 342 g/mol. The second-order valence-electron chi connectivity index (χ2n) is 6.39. The van der Waals surface area contributed by atoms with Crippen LogP contribution in [0.5, 0.6) is 0 Å². The van der Waals surface area contributed by atoms with E-state index < -0.39 is 0 Å². The van der Waals surface area contributed by atoms with Gasteiger partial charge < -0.3 is 9.80 Å². The van der Waals surface area contributed by atoms with Crippen LogP contribution in [0.1, 0.15) is 10.4 Å². The number of piperazine rings is 1. The fourth-order valence-electron chi connectivity index (χ4n) is 3.46. The summed E-state index contributed by atoms with van der Waals surface area (Å²) in [6.45, 7) is 5.74. The maximum atomic E-state index is 12.6. The molecule has 2 aliphatic rings. The van der Waals surface area contributed by atoms with E-state index in [0.29, 0.717) is 6.54 Å². The lowest BCUT2D eigenvalue weighted by Crippen LogP contribution is -2.51. The third-order valence-electron chi connectivity index (χ3n) is 4.85. The van der Waals surface area contributed by atoms with E-state index in [2.05, 4.69) is 26.2 Å². The molecule has 0 saturated carbocycles. The lowest BCUT2D eigenvalue weighted by molar-refractivity contribution is -0.132. The molecule has 0 aliphatic carbocycles. The summed E-state index contributed by atoms with van der Waals surface area (Å²) in [5.41, 5.74) is 1.40. The van der Waals surface area contributed by atoms with Gasteiger partial charge in [-0.05, 0) is 35.6 Å². The first-order chi connectivity index (χ1) is 11.8. The molecule has 24 heavy (non-hydrogen) atoms. The predicted octanol–water partition coefficient (Wildman–Crippen LogP) is 1.85. The third-order valence-corrected chi connectivity index (χ3v) is 5.87. The average molecular weight is 342 g/mol. The molecule has 1 fully saturated rings. The molecule has 6 heteroatoms. The van der Waals surface area contributed by atoms with Crippen LogP contribution in [-0.2, 0) is 17.8 Å². The van der Waals surface area contributed by atoms with Crippen molar-refractivity contribution in [2.75, 3.05) is 44.2 Å². The van der Waals surface area contributed by atoms with E-state index in [9.17, 15) is 4.79 Å². The molecule has 0 atom stereocenters. The molecule has 4 rings (SSSR count). The average Bonchev–Trinajstić information content (AvgIpc) is 3.10. The van der Waals surface area contributed by atoms with Gasteiger partial charge in [-0.15, -0.1) is 11.3 Å². The van der Waals surface area contributed by atoms with Crippen molar-refractivity contribution in [2.24, 2.45) is 0 Å². The summed E-state index contributed by atoms with van der Waals surface area (Å²) in [7, 11) is 0. The molecule has 1 amide bonds. The zero-order valence-electron chi connectivity index (χ0n) is 13.7. The highest BCUT2D eigenvalue weighted by atomic mass is 32.1. The Morgan fingerprint density at radius 1 is 1.12 bits per heavy atom. The molecule has 0 N–H and O–H groups in total. The maximum Gasteiger partial charge on any atom is 0.236 e. The third kappa shape index (κ3) is 3.30. The van der Waals surface area contributed by atoms with Crippen molar-refractivity contribution >= 4 is 23.1 Å². The second-order valence-corrected chi connectivity index (χ2v) is 7.39. The van der Waals surface area contributed by atoms with Crippen molar-refractivity contribution in [2.45, 2.75) is 13.0 Å². The first kappa shape index (κ1) is 15.6. The number of rotatable bonds is 3. The number of amides is 1. The van der Waals surface area contributed by atoms with Gasteiger partial charge in [0.1, 0.15) is 5.82 Å². The van der Waals surface area contributed by atoms with Crippen LogP contribution in [0.4, 0.5) is 5.82 Å². The SMILES string of the molecule is O=C(CN1CCc2sccc2C1)N1CCN(c2ccccn2)CC1. The Bertz CT molecular complexity index is 694. The summed E-state index contributed by atoms with van der Waals surface area (Å²) >= 11 is 1.84. The summed E-state index contributed by atoms with van der Waals surface area (Å²) < 4.78 is 0. The number of hydrogen-bond acceptors (Lipinski definition) is 5. The Labute approximate surface area is 146 Å². The summed E-state index contributed by atoms with van der Waals surface area (Å²) in [4.78, 5) is 25.0. The van der Waals surface area contributed by atoms with Gasteiger partial charge in [0.15, 0.2) is 0 Å². The molecule has 0 bridgehead atoms. The van der Waals surface area contributed by atoms with E-state index in [0.717, 1.165) is 51.5 Å². The van der Waals surface area contributed by atoms with Gasteiger partial charge in [-0.25, -0.2) is 4.98 Å². The van der Waals surface area contributed by atoms with Gasteiger partial charge in [0.25, 0.3) is 0 Å². The highest BCUT2D eigenvalue weighted by molar-refractivity contribution is 7.10. The molecule has 0 radical (unpaired) electrons. The molecule has 0 unspecified atom stereocenters. The summed E-state index contributed by atoms with van der Waals surface area (Å²) in [5, 5.41) is 2.16. The van der Waals surface area contributed by atoms with Crippen LogP contribution in [0.2, 0.25) is 0 Å². The van der Waals surface area contributed by atoms with Gasteiger partial charge in [0.2, 0.25) is 5.91 Å². The Morgan fingerprint density at radius 2 is 2.00 bits per heavy atom. The zero-order chi connectivity index (χ0) is 16.4. The molecule has 0 spiro atoms. The number of nitrogens with zero attached hydrogens (tertiary/aromatic N) is 4. The van der Waals surface area contributed by atoms with Gasteiger partial charge in [-0.2, -0.15) is 0 Å². The van der Waals surface area contributed by atoms with Gasteiger partial charge in [0, 0.05) is 50.3 Å². The number of thiophene rings is 1. The maximum absolute atomic E-state index is 12.6. The van der Waals surface area contributed by atoms with Gasteiger partial charge in [-0.3, -0.25) is 9.69 Å². The van der Waals surface area contributed by atoms with E-state index in [4.69, 9.17) is 0 Å². The Hall–Kier alpha value is -1.92. The van der Waals surface area contributed by atoms with E-state index in [1.54, 1.807) is 0 Å². The van der Waals surface area contributed by atoms with Crippen LogP contribution in [0.3, 0.4) is 0 Å². The fraction of sp³-hybridized carbons (Fsp3) is 0.444. The lowest BCUT2D eigenvalue weighted by atomic mass is 10.1. The van der Waals surface area contributed by atoms with Crippen molar-refractivity contribution in [3.05, 3.63) is 46.3 Å². The van der Waals surface area contributed by atoms with Gasteiger partial charge >= 0.3 is 0 Å². The van der Waals surface area contributed by atoms with Crippen LogP contribution < -0.4 is 4.90 Å². The first-order valence-electron chi connectivity index (χ1n) is 8.51. The highest BCUT2D eigenvalue weighted by Gasteiger charge is 2.25. The predicted molar refractivity (Wildman–Crippen MR) is 96.3 cm³/mol. The quantitative estimate of drug-likeness (QED) is 0.853. The Balaban J connectivity index is 1.29. The topological polar surface area (TPSA) is 39.7 Å². The van der Waals surface area contributed by atoms with E-state index >= 15 is 0 Å². The first-order valence-corrected chi connectivity index (χ1v) is 9.39. The molecular weight excluding hydrogens is 320 g/mol. The van der Waals surface area contributed by atoms with E-state index in [-0.39, 0.29) is 5.91 Å². The Kier molecular flexibility index (Phi) is 4.49. The van der Waals surface area contributed by atoms with Crippen LogP contribution >= 0.6 is 11.3 Å². The number of carbonyl (C=O) groups excluding carboxylic acids is 1. The number of fused-ring (bicyclic) bond motifs is 1. The molecule has 4 heterocycles. The summed E-state index contributed by atoms with van der Waals surface area (Å²) in [6, 6.07) is 8.17. The largest absolute Gasteiger partial charge is 0.353 e. The van der Waals surface area contributed by atoms with Gasteiger partial charge in [-0.1, -0.05) is 6.07 Å². The highest BCUT2D eigenvalue weighted by Crippen LogP contribution is 2.24. The minimum atomic E-state index is 0.259. The molecule has 0 aromatic carbocycles. The fourth-order valence-corrected chi connectivity index (χ4v) is 4.35. The van der Waals surface area contributed by atoms with Crippen molar-refractivity contribution in [3.63, 3.8) is 0 Å². The number of pyridine rings is 1. The zero-order valence-corrected chi connectivity index (χ0v) is 14.5. The smallest absolute Gasteiger partial charge is 0.236 e. The second kappa shape index (κ2) is 6.91. The van der Waals surface area contributed by atoms with E-state index in [1.165, 1.54) is 10.4 Å². The van der Waals surface area contributed by atoms with Crippen LogP contribution in [-0.4, -0.2) is 60.0 Å². The molecule has 2 aromatic heterocycles. The Morgan fingerprint density at radius 3 is 2.79 bits per heavy atom. The molecular formula is C18H22N4OS.